The van der Waals surface area contributed by atoms with Gasteiger partial charge in [-0.2, -0.15) is 0 Å². The summed E-state index contributed by atoms with van der Waals surface area (Å²) in [6.45, 7) is 5.52. The van der Waals surface area contributed by atoms with Crippen LogP contribution in [0, 0.1) is 0 Å². The van der Waals surface area contributed by atoms with Gasteiger partial charge in [-0.15, -0.1) is 0 Å². The maximum absolute atomic E-state index is 12.8. The summed E-state index contributed by atoms with van der Waals surface area (Å²) in [5, 5.41) is 3.89. The molecule has 1 aromatic heterocycles. The van der Waals surface area contributed by atoms with Gasteiger partial charge in [-0.3, -0.25) is 9.59 Å². The molecular formula is C24H25N3O3. The molecule has 2 atom stereocenters. The van der Waals surface area contributed by atoms with Gasteiger partial charge in [0.05, 0.1) is 17.7 Å². The zero-order valence-electron chi connectivity index (χ0n) is 17.2. The fourth-order valence-electron chi connectivity index (χ4n) is 3.76. The van der Waals surface area contributed by atoms with Crippen LogP contribution in [0.3, 0.4) is 0 Å². The van der Waals surface area contributed by atoms with E-state index in [4.69, 9.17) is 4.74 Å². The summed E-state index contributed by atoms with van der Waals surface area (Å²) in [5.41, 5.74) is 2.74. The highest BCUT2D eigenvalue weighted by atomic mass is 16.5. The summed E-state index contributed by atoms with van der Waals surface area (Å²) in [6.07, 6.45) is 0.0757. The molecule has 1 saturated heterocycles. The molecule has 1 fully saturated rings. The van der Waals surface area contributed by atoms with Crippen LogP contribution in [-0.4, -0.2) is 47.0 Å². The molecule has 0 radical (unpaired) electrons. The van der Waals surface area contributed by atoms with Gasteiger partial charge in [-0.1, -0.05) is 36.4 Å². The molecule has 2 amide bonds. The molecule has 2 heterocycles. The number of benzene rings is 2. The lowest BCUT2D eigenvalue weighted by atomic mass is 10.1. The second kappa shape index (κ2) is 8.63. The summed E-state index contributed by atoms with van der Waals surface area (Å²) in [5.74, 6) is -0.217. The van der Waals surface area contributed by atoms with Crippen LogP contribution >= 0.6 is 0 Å². The largest absolute Gasteiger partial charge is 0.372 e. The molecule has 6 heteroatoms. The van der Waals surface area contributed by atoms with Crippen molar-refractivity contribution in [2.24, 2.45) is 0 Å². The highest BCUT2D eigenvalue weighted by Crippen LogP contribution is 2.15. The van der Waals surface area contributed by atoms with E-state index in [9.17, 15) is 9.59 Å². The number of morpholine rings is 1. The minimum Gasteiger partial charge on any atom is -0.372 e. The third-order valence-electron chi connectivity index (χ3n) is 5.19. The summed E-state index contributed by atoms with van der Waals surface area (Å²) in [4.78, 5) is 31.5. The average molecular weight is 403 g/mol. The predicted molar refractivity (Wildman–Crippen MR) is 115 cm³/mol. The standard InChI is InChI=1S/C24H25N3O3/c1-16-14-27(15-17(2)30-16)24(29)20-9-7-18(8-10-20)13-25-23(28)22-12-11-19-5-3-4-6-21(19)26-22/h3-12,16-17H,13-15H2,1-2H3,(H,25,28)/t16-,17-/m1/s1. The van der Waals surface area contributed by atoms with Gasteiger partial charge in [0.25, 0.3) is 11.8 Å². The second-order valence-corrected chi connectivity index (χ2v) is 7.74. The molecule has 30 heavy (non-hydrogen) atoms. The summed E-state index contributed by atoms with van der Waals surface area (Å²) in [6, 6.07) is 18.7. The van der Waals surface area contributed by atoms with Crippen molar-refractivity contribution in [2.75, 3.05) is 13.1 Å². The van der Waals surface area contributed by atoms with Gasteiger partial charge in [0, 0.05) is 30.6 Å². The van der Waals surface area contributed by atoms with E-state index in [1.807, 2.05) is 73.3 Å². The number of hydrogen-bond acceptors (Lipinski definition) is 4. The number of carbonyl (C=O) groups is 2. The molecule has 154 valence electrons. The Balaban J connectivity index is 1.37. The monoisotopic (exact) mass is 403 g/mol. The zero-order chi connectivity index (χ0) is 21.1. The summed E-state index contributed by atoms with van der Waals surface area (Å²) in [7, 11) is 0. The van der Waals surface area contributed by atoms with Gasteiger partial charge >= 0.3 is 0 Å². The van der Waals surface area contributed by atoms with Gasteiger partial charge in [-0.25, -0.2) is 4.98 Å². The summed E-state index contributed by atoms with van der Waals surface area (Å²) < 4.78 is 5.70. The van der Waals surface area contributed by atoms with Gasteiger partial charge in [0.1, 0.15) is 5.69 Å². The van der Waals surface area contributed by atoms with Crippen LogP contribution in [0.25, 0.3) is 10.9 Å². The van der Waals surface area contributed by atoms with E-state index in [0.29, 0.717) is 30.9 Å². The lowest BCUT2D eigenvalue weighted by molar-refractivity contribution is -0.0586. The molecule has 1 aliphatic heterocycles. The number of ether oxygens (including phenoxy) is 1. The topological polar surface area (TPSA) is 71.5 Å². The van der Waals surface area contributed by atoms with Crippen molar-refractivity contribution in [1.29, 1.82) is 0 Å². The lowest BCUT2D eigenvalue weighted by Crippen LogP contribution is -2.48. The Morgan fingerprint density at radius 2 is 1.70 bits per heavy atom. The molecule has 0 spiro atoms. The lowest BCUT2D eigenvalue weighted by Gasteiger charge is -2.35. The Kier molecular flexibility index (Phi) is 5.77. The quantitative estimate of drug-likeness (QED) is 0.725. The number of hydrogen-bond donors (Lipinski definition) is 1. The maximum Gasteiger partial charge on any atom is 0.270 e. The van der Waals surface area contributed by atoms with Crippen molar-refractivity contribution in [1.82, 2.24) is 15.2 Å². The van der Waals surface area contributed by atoms with Gasteiger partial charge in [0.2, 0.25) is 0 Å². The van der Waals surface area contributed by atoms with E-state index in [2.05, 4.69) is 10.3 Å². The number of pyridine rings is 1. The van der Waals surface area contributed by atoms with E-state index < -0.39 is 0 Å². The van der Waals surface area contributed by atoms with E-state index in [1.165, 1.54) is 0 Å². The van der Waals surface area contributed by atoms with Crippen LogP contribution in [0.4, 0.5) is 0 Å². The number of amides is 2. The Morgan fingerprint density at radius 1 is 1.00 bits per heavy atom. The van der Waals surface area contributed by atoms with Crippen LogP contribution in [0.1, 0.15) is 40.3 Å². The smallest absolute Gasteiger partial charge is 0.270 e. The minimum absolute atomic E-state index is 0.00736. The first-order valence-electron chi connectivity index (χ1n) is 10.2. The predicted octanol–water partition coefficient (Wildman–Crippen LogP) is 3.41. The van der Waals surface area contributed by atoms with E-state index in [-0.39, 0.29) is 24.0 Å². The maximum atomic E-state index is 12.8. The molecule has 0 bridgehead atoms. The third-order valence-corrected chi connectivity index (χ3v) is 5.19. The first kappa shape index (κ1) is 20.0. The van der Waals surface area contributed by atoms with Gasteiger partial charge in [-0.05, 0) is 43.7 Å². The van der Waals surface area contributed by atoms with Crippen LogP contribution in [0.5, 0.6) is 0 Å². The molecule has 3 aromatic rings. The number of fused-ring (bicyclic) bond motifs is 1. The van der Waals surface area contributed by atoms with Crippen LogP contribution < -0.4 is 5.32 Å². The molecule has 4 rings (SSSR count). The molecule has 6 nitrogen and oxygen atoms in total. The SMILES string of the molecule is C[C@@H]1CN(C(=O)c2ccc(CNC(=O)c3ccc4ccccc4n3)cc2)C[C@@H](C)O1. The van der Waals surface area contributed by atoms with Gasteiger partial charge in [0.15, 0.2) is 0 Å². The molecule has 1 N–H and O–H groups in total. The number of nitrogens with one attached hydrogen (secondary N) is 1. The number of para-hydroxylation sites is 1. The van der Waals surface area contributed by atoms with Crippen molar-refractivity contribution in [3.63, 3.8) is 0 Å². The Labute approximate surface area is 175 Å². The first-order valence-corrected chi connectivity index (χ1v) is 10.2. The summed E-state index contributed by atoms with van der Waals surface area (Å²) >= 11 is 0. The van der Waals surface area contributed by atoms with Crippen molar-refractivity contribution < 1.29 is 14.3 Å². The second-order valence-electron chi connectivity index (χ2n) is 7.74. The van der Waals surface area contributed by atoms with Crippen molar-refractivity contribution in [3.8, 4) is 0 Å². The fourth-order valence-corrected chi connectivity index (χ4v) is 3.76. The number of nitrogens with zero attached hydrogens (tertiary/aromatic N) is 2. The number of aromatic nitrogens is 1. The number of rotatable bonds is 4. The first-order chi connectivity index (χ1) is 14.5. The third kappa shape index (κ3) is 4.49. The fraction of sp³-hybridized carbons (Fsp3) is 0.292. The minimum atomic E-state index is -0.225. The van der Waals surface area contributed by atoms with Crippen molar-refractivity contribution in [3.05, 3.63) is 77.5 Å². The van der Waals surface area contributed by atoms with E-state index >= 15 is 0 Å². The van der Waals surface area contributed by atoms with Gasteiger partial charge < -0.3 is 15.0 Å². The molecule has 0 aliphatic carbocycles. The normalized spacial score (nSPS) is 18.9. The van der Waals surface area contributed by atoms with Crippen LogP contribution in [-0.2, 0) is 11.3 Å². The van der Waals surface area contributed by atoms with E-state index in [1.54, 1.807) is 6.07 Å². The zero-order valence-corrected chi connectivity index (χ0v) is 17.2. The molecule has 1 aliphatic rings. The molecule has 0 saturated carbocycles. The van der Waals surface area contributed by atoms with Crippen molar-refractivity contribution >= 4 is 22.7 Å². The highest BCUT2D eigenvalue weighted by Gasteiger charge is 2.26. The van der Waals surface area contributed by atoms with E-state index in [0.717, 1.165) is 16.5 Å². The molecular weight excluding hydrogens is 378 g/mol. The number of carbonyl (C=O) groups excluding carboxylic acids is 2. The van der Waals surface area contributed by atoms with Crippen LogP contribution in [0.15, 0.2) is 60.7 Å². The molecule has 0 unspecified atom stereocenters. The van der Waals surface area contributed by atoms with Crippen LogP contribution in [0.2, 0.25) is 0 Å². The highest BCUT2D eigenvalue weighted by molar-refractivity contribution is 5.95. The Bertz CT molecular complexity index is 1050. The van der Waals surface area contributed by atoms with Crippen molar-refractivity contribution in [2.45, 2.75) is 32.6 Å². The average Bonchev–Trinajstić information content (AvgIpc) is 2.76. The molecule has 2 aromatic carbocycles. The Hall–Kier alpha value is -3.25. The Morgan fingerprint density at radius 3 is 2.43 bits per heavy atom.